The number of rotatable bonds is 7. The molecule has 0 spiro atoms. The summed E-state index contributed by atoms with van der Waals surface area (Å²) in [6, 6.07) is 0. The van der Waals surface area contributed by atoms with Crippen molar-refractivity contribution in [2.24, 2.45) is 0 Å². The third kappa shape index (κ3) is 4.77. The molecule has 0 unspecified atom stereocenters. The highest BCUT2D eigenvalue weighted by molar-refractivity contribution is 4.97. The minimum absolute atomic E-state index is 0.356. The van der Waals surface area contributed by atoms with Crippen LogP contribution in [0.1, 0.15) is 39.5 Å². The van der Waals surface area contributed by atoms with Crippen LogP contribution in [0.15, 0.2) is 11.6 Å². The normalized spacial score (nSPS) is 18.3. The molecule has 14 heavy (non-hydrogen) atoms. The summed E-state index contributed by atoms with van der Waals surface area (Å²) in [6.45, 7) is 6.74. The minimum Gasteiger partial charge on any atom is -0.376 e. The van der Waals surface area contributed by atoms with E-state index in [1.165, 1.54) is 31.3 Å². The zero-order chi connectivity index (χ0) is 10.2. The fraction of sp³-hybridized carbons (Fsp3) is 0.833. The predicted octanol–water partition coefficient (Wildman–Crippen LogP) is 2.93. The van der Waals surface area contributed by atoms with Gasteiger partial charge in [0.1, 0.15) is 6.10 Å². The Morgan fingerprint density at radius 1 is 1.43 bits per heavy atom. The number of allylic oxidation sites excluding steroid dienone is 1. The Kier molecular flexibility index (Phi) is 5.88. The van der Waals surface area contributed by atoms with Crippen LogP contribution in [-0.2, 0) is 9.47 Å². The summed E-state index contributed by atoms with van der Waals surface area (Å²) in [4.78, 5) is 0. The van der Waals surface area contributed by atoms with Crippen molar-refractivity contribution in [2.45, 2.75) is 45.6 Å². The summed E-state index contributed by atoms with van der Waals surface area (Å²) in [7, 11) is 0. The van der Waals surface area contributed by atoms with Gasteiger partial charge in [0, 0.05) is 0 Å². The van der Waals surface area contributed by atoms with E-state index in [4.69, 9.17) is 9.47 Å². The molecule has 2 heteroatoms. The van der Waals surface area contributed by atoms with Gasteiger partial charge in [-0.25, -0.2) is 0 Å². The molecule has 0 amide bonds. The van der Waals surface area contributed by atoms with Crippen molar-refractivity contribution in [3.8, 4) is 0 Å². The van der Waals surface area contributed by atoms with Gasteiger partial charge in [-0.2, -0.15) is 0 Å². The van der Waals surface area contributed by atoms with Crippen LogP contribution in [0.5, 0.6) is 0 Å². The first-order valence-corrected chi connectivity index (χ1v) is 5.68. The van der Waals surface area contributed by atoms with Crippen LogP contribution in [0, 0.1) is 0 Å². The maximum absolute atomic E-state index is 5.55. The number of unbranched alkanes of at least 4 members (excludes halogenated alkanes) is 2. The van der Waals surface area contributed by atoms with E-state index in [1.54, 1.807) is 0 Å². The van der Waals surface area contributed by atoms with Crippen LogP contribution in [0.4, 0.5) is 0 Å². The monoisotopic (exact) mass is 198 g/mol. The van der Waals surface area contributed by atoms with Gasteiger partial charge in [0.25, 0.3) is 0 Å². The van der Waals surface area contributed by atoms with E-state index in [0.29, 0.717) is 6.10 Å². The molecular formula is C12H22O2. The second kappa shape index (κ2) is 7.02. The Labute approximate surface area is 87.3 Å². The molecule has 1 aliphatic heterocycles. The molecule has 0 aliphatic carbocycles. The lowest BCUT2D eigenvalue weighted by Crippen LogP contribution is -2.36. The maximum atomic E-state index is 5.55. The van der Waals surface area contributed by atoms with E-state index in [1.807, 2.05) is 0 Å². The molecule has 1 aliphatic rings. The van der Waals surface area contributed by atoms with Crippen molar-refractivity contribution >= 4 is 0 Å². The second-order valence-electron chi connectivity index (χ2n) is 4.00. The summed E-state index contributed by atoms with van der Waals surface area (Å²) in [5.74, 6) is 0. The quantitative estimate of drug-likeness (QED) is 0.462. The predicted molar refractivity (Wildman–Crippen MR) is 58.5 cm³/mol. The van der Waals surface area contributed by atoms with Crippen molar-refractivity contribution < 1.29 is 9.47 Å². The third-order valence-electron chi connectivity index (χ3n) is 2.55. The van der Waals surface area contributed by atoms with Crippen LogP contribution < -0.4 is 0 Å². The van der Waals surface area contributed by atoms with Gasteiger partial charge in [-0.3, -0.25) is 0 Å². The van der Waals surface area contributed by atoms with E-state index < -0.39 is 0 Å². The lowest BCUT2D eigenvalue weighted by Gasteiger charge is -2.25. The van der Waals surface area contributed by atoms with Gasteiger partial charge in [-0.05, 0) is 19.8 Å². The van der Waals surface area contributed by atoms with Gasteiger partial charge in [-0.15, -0.1) is 0 Å². The lowest BCUT2D eigenvalue weighted by molar-refractivity contribution is -0.122. The molecule has 0 aromatic heterocycles. The molecule has 1 fully saturated rings. The zero-order valence-corrected chi connectivity index (χ0v) is 9.42. The van der Waals surface area contributed by atoms with Gasteiger partial charge in [0.05, 0.1) is 19.8 Å². The molecule has 1 heterocycles. The van der Waals surface area contributed by atoms with Crippen LogP contribution in [0.2, 0.25) is 0 Å². The first-order chi connectivity index (χ1) is 6.83. The molecule has 2 nitrogen and oxygen atoms in total. The van der Waals surface area contributed by atoms with Crippen LogP contribution >= 0.6 is 0 Å². The second-order valence-corrected chi connectivity index (χ2v) is 4.00. The molecule has 0 bridgehead atoms. The van der Waals surface area contributed by atoms with E-state index in [-0.39, 0.29) is 0 Å². The maximum Gasteiger partial charge on any atom is 0.104 e. The SMILES string of the molecule is CCCCCC(C)=CCOC1COC1. The van der Waals surface area contributed by atoms with Gasteiger partial charge >= 0.3 is 0 Å². The van der Waals surface area contributed by atoms with E-state index >= 15 is 0 Å². The summed E-state index contributed by atoms with van der Waals surface area (Å²) >= 11 is 0. The largest absolute Gasteiger partial charge is 0.376 e. The van der Waals surface area contributed by atoms with Crippen LogP contribution in [0.25, 0.3) is 0 Å². The molecule has 82 valence electrons. The molecule has 0 aromatic carbocycles. The number of hydrogen-bond donors (Lipinski definition) is 0. The first-order valence-electron chi connectivity index (χ1n) is 5.68. The van der Waals surface area contributed by atoms with Gasteiger partial charge < -0.3 is 9.47 Å². The number of ether oxygens (including phenoxy) is 2. The van der Waals surface area contributed by atoms with Gasteiger partial charge in [0.2, 0.25) is 0 Å². The highest BCUT2D eigenvalue weighted by Gasteiger charge is 2.17. The summed E-state index contributed by atoms with van der Waals surface area (Å²) in [5, 5.41) is 0. The van der Waals surface area contributed by atoms with Crippen molar-refractivity contribution in [1.29, 1.82) is 0 Å². The van der Waals surface area contributed by atoms with Gasteiger partial charge in [0.15, 0.2) is 0 Å². The Morgan fingerprint density at radius 3 is 2.79 bits per heavy atom. The summed E-state index contributed by atoms with van der Waals surface area (Å²) in [6.07, 6.45) is 7.72. The van der Waals surface area contributed by atoms with E-state index in [9.17, 15) is 0 Å². The number of hydrogen-bond acceptors (Lipinski definition) is 2. The zero-order valence-electron chi connectivity index (χ0n) is 9.42. The first kappa shape index (κ1) is 11.7. The fourth-order valence-electron chi connectivity index (χ4n) is 1.39. The van der Waals surface area contributed by atoms with E-state index in [0.717, 1.165) is 19.8 Å². The van der Waals surface area contributed by atoms with Crippen molar-refractivity contribution in [3.63, 3.8) is 0 Å². The molecular weight excluding hydrogens is 176 g/mol. The average Bonchev–Trinajstić information content (AvgIpc) is 2.10. The summed E-state index contributed by atoms with van der Waals surface area (Å²) in [5.41, 5.74) is 1.46. The highest BCUT2D eigenvalue weighted by atomic mass is 16.6. The standard InChI is InChI=1S/C12H22O2/c1-3-4-5-6-11(2)7-8-14-12-9-13-10-12/h7,12H,3-6,8-10H2,1-2H3. The van der Waals surface area contributed by atoms with Crippen molar-refractivity contribution in [2.75, 3.05) is 19.8 Å². The molecule has 1 saturated heterocycles. The van der Waals surface area contributed by atoms with Crippen molar-refractivity contribution in [3.05, 3.63) is 11.6 Å². The molecule has 0 atom stereocenters. The minimum atomic E-state index is 0.356. The topological polar surface area (TPSA) is 18.5 Å². The summed E-state index contributed by atoms with van der Waals surface area (Å²) < 4.78 is 10.6. The Bertz CT molecular complexity index is 171. The van der Waals surface area contributed by atoms with Crippen molar-refractivity contribution in [1.82, 2.24) is 0 Å². The molecule has 0 aromatic rings. The average molecular weight is 198 g/mol. The molecule has 0 N–H and O–H groups in total. The van der Waals surface area contributed by atoms with Crippen LogP contribution in [-0.4, -0.2) is 25.9 Å². The Balaban J connectivity index is 1.97. The lowest BCUT2D eigenvalue weighted by atomic mass is 10.1. The fourth-order valence-corrected chi connectivity index (χ4v) is 1.39. The molecule has 0 radical (unpaired) electrons. The van der Waals surface area contributed by atoms with Gasteiger partial charge in [-0.1, -0.05) is 31.4 Å². The molecule has 1 rings (SSSR count). The smallest absolute Gasteiger partial charge is 0.104 e. The molecule has 0 saturated carbocycles. The highest BCUT2D eigenvalue weighted by Crippen LogP contribution is 2.09. The Morgan fingerprint density at radius 2 is 2.21 bits per heavy atom. The van der Waals surface area contributed by atoms with E-state index in [2.05, 4.69) is 19.9 Å². The third-order valence-corrected chi connectivity index (χ3v) is 2.55. The Hall–Kier alpha value is -0.340. The van der Waals surface area contributed by atoms with Crippen LogP contribution in [0.3, 0.4) is 0 Å².